The summed E-state index contributed by atoms with van der Waals surface area (Å²) in [6.45, 7) is 0.975. The third kappa shape index (κ3) is 5.24. The summed E-state index contributed by atoms with van der Waals surface area (Å²) in [4.78, 5) is 18.0. The van der Waals surface area contributed by atoms with Crippen molar-refractivity contribution in [3.05, 3.63) is 59.9 Å². The van der Waals surface area contributed by atoms with Gasteiger partial charge in [-0.2, -0.15) is 0 Å². The smallest absolute Gasteiger partial charge is 0.315 e. The second kappa shape index (κ2) is 8.88. The van der Waals surface area contributed by atoms with Gasteiger partial charge in [-0.25, -0.2) is 4.79 Å². The van der Waals surface area contributed by atoms with Gasteiger partial charge in [0.05, 0.1) is 13.2 Å². The summed E-state index contributed by atoms with van der Waals surface area (Å²) in [5, 5.41) is 5.77. The third-order valence-corrected chi connectivity index (χ3v) is 3.76. The van der Waals surface area contributed by atoms with Crippen molar-refractivity contribution in [3.63, 3.8) is 0 Å². The molecule has 2 N–H and O–H groups in total. The Labute approximate surface area is 142 Å². The van der Waals surface area contributed by atoms with Gasteiger partial charge in [-0.15, -0.1) is 0 Å². The number of hydrogen-bond acceptors (Lipinski definition) is 4. The van der Waals surface area contributed by atoms with Crippen molar-refractivity contribution in [3.8, 4) is 5.75 Å². The zero-order valence-electron chi connectivity index (χ0n) is 14.3. The first-order valence-corrected chi connectivity index (χ1v) is 7.81. The Hall–Kier alpha value is -2.60. The molecule has 0 spiro atoms. The highest BCUT2D eigenvalue weighted by Crippen LogP contribution is 2.21. The van der Waals surface area contributed by atoms with Gasteiger partial charge in [0.15, 0.2) is 0 Å². The normalized spacial score (nSPS) is 11.8. The number of carbonyl (C=O) groups is 1. The Morgan fingerprint density at radius 2 is 1.96 bits per heavy atom. The van der Waals surface area contributed by atoms with Crippen LogP contribution in [0.1, 0.15) is 17.2 Å². The zero-order valence-corrected chi connectivity index (χ0v) is 14.3. The standard InChI is InChI=1S/C18H24N4O2/c1-22(2)17(15-5-4-6-16(11-15)24-3)13-21-18(23)20-12-14-7-9-19-10-8-14/h4-11,17H,12-13H2,1-3H3,(H2,20,21,23). The maximum absolute atomic E-state index is 12.0. The molecule has 1 heterocycles. The Morgan fingerprint density at radius 3 is 2.62 bits per heavy atom. The molecule has 0 fully saturated rings. The highest BCUT2D eigenvalue weighted by molar-refractivity contribution is 5.73. The average molecular weight is 328 g/mol. The first-order valence-electron chi connectivity index (χ1n) is 7.81. The van der Waals surface area contributed by atoms with E-state index in [1.54, 1.807) is 19.5 Å². The molecule has 1 aromatic heterocycles. The first kappa shape index (κ1) is 17.7. The molecule has 0 radical (unpaired) electrons. The van der Waals surface area contributed by atoms with E-state index in [0.29, 0.717) is 13.1 Å². The Morgan fingerprint density at radius 1 is 1.21 bits per heavy atom. The molecule has 128 valence electrons. The predicted molar refractivity (Wildman–Crippen MR) is 93.9 cm³/mol. The van der Waals surface area contributed by atoms with E-state index < -0.39 is 0 Å². The molecule has 1 atom stereocenters. The Balaban J connectivity index is 1.90. The van der Waals surface area contributed by atoms with Gasteiger partial charge in [0.1, 0.15) is 5.75 Å². The SMILES string of the molecule is COc1cccc(C(CNC(=O)NCc2ccncc2)N(C)C)c1. The van der Waals surface area contributed by atoms with Gasteiger partial charge in [-0.05, 0) is 49.5 Å². The molecular formula is C18H24N4O2. The number of pyridine rings is 1. The molecule has 0 aliphatic rings. The second-order valence-electron chi connectivity index (χ2n) is 5.68. The highest BCUT2D eigenvalue weighted by atomic mass is 16.5. The van der Waals surface area contributed by atoms with Crippen LogP contribution < -0.4 is 15.4 Å². The third-order valence-electron chi connectivity index (χ3n) is 3.76. The van der Waals surface area contributed by atoms with Gasteiger partial charge in [-0.3, -0.25) is 4.98 Å². The van der Waals surface area contributed by atoms with Crippen molar-refractivity contribution in [1.29, 1.82) is 0 Å². The number of nitrogens with zero attached hydrogens (tertiary/aromatic N) is 2. The number of likely N-dealkylation sites (N-methyl/N-ethyl adjacent to an activating group) is 1. The molecule has 1 unspecified atom stereocenters. The molecule has 0 saturated carbocycles. The van der Waals surface area contributed by atoms with Crippen LogP contribution >= 0.6 is 0 Å². The zero-order chi connectivity index (χ0) is 17.4. The van der Waals surface area contributed by atoms with Gasteiger partial charge >= 0.3 is 6.03 Å². The van der Waals surface area contributed by atoms with Crippen molar-refractivity contribution in [2.75, 3.05) is 27.7 Å². The van der Waals surface area contributed by atoms with Crippen LogP contribution in [0.3, 0.4) is 0 Å². The van der Waals surface area contributed by atoms with Gasteiger partial charge in [0.25, 0.3) is 0 Å². The van der Waals surface area contributed by atoms with Crippen molar-refractivity contribution in [2.45, 2.75) is 12.6 Å². The molecule has 0 saturated heterocycles. The number of urea groups is 1. The molecule has 2 rings (SSSR count). The van der Waals surface area contributed by atoms with E-state index >= 15 is 0 Å². The summed E-state index contributed by atoms with van der Waals surface area (Å²) in [5.74, 6) is 0.807. The number of nitrogens with one attached hydrogen (secondary N) is 2. The lowest BCUT2D eigenvalue weighted by Gasteiger charge is -2.25. The molecule has 0 bridgehead atoms. The highest BCUT2D eigenvalue weighted by Gasteiger charge is 2.15. The lowest BCUT2D eigenvalue weighted by molar-refractivity contribution is 0.232. The van der Waals surface area contributed by atoms with Crippen molar-refractivity contribution in [1.82, 2.24) is 20.5 Å². The molecular weight excluding hydrogens is 304 g/mol. The topological polar surface area (TPSA) is 66.5 Å². The van der Waals surface area contributed by atoms with E-state index in [1.807, 2.05) is 50.5 Å². The minimum atomic E-state index is -0.193. The van der Waals surface area contributed by atoms with E-state index in [2.05, 4.69) is 20.5 Å². The summed E-state index contributed by atoms with van der Waals surface area (Å²) in [6, 6.07) is 11.5. The predicted octanol–water partition coefficient (Wildman–Crippen LogP) is 2.19. The number of hydrogen-bond donors (Lipinski definition) is 2. The summed E-state index contributed by atoms with van der Waals surface area (Å²) < 4.78 is 5.27. The van der Waals surface area contributed by atoms with Crippen LogP contribution in [0.4, 0.5) is 4.79 Å². The summed E-state index contributed by atoms with van der Waals surface area (Å²) in [5.41, 5.74) is 2.10. The van der Waals surface area contributed by atoms with Gasteiger partial charge in [-0.1, -0.05) is 12.1 Å². The average Bonchev–Trinajstić information content (AvgIpc) is 2.61. The number of ether oxygens (including phenoxy) is 1. The minimum Gasteiger partial charge on any atom is -0.497 e. The van der Waals surface area contributed by atoms with Crippen LogP contribution in [0.25, 0.3) is 0 Å². The number of methoxy groups -OCH3 is 1. The molecule has 0 aliphatic carbocycles. The molecule has 0 aliphatic heterocycles. The summed E-state index contributed by atoms with van der Waals surface area (Å²) >= 11 is 0. The molecule has 6 nitrogen and oxygen atoms in total. The lowest BCUT2D eigenvalue weighted by Crippen LogP contribution is -2.40. The maximum Gasteiger partial charge on any atom is 0.315 e. The molecule has 24 heavy (non-hydrogen) atoms. The van der Waals surface area contributed by atoms with E-state index in [1.165, 1.54) is 0 Å². The van der Waals surface area contributed by atoms with Gasteiger partial charge < -0.3 is 20.3 Å². The molecule has 1 aromatic carbocycles. The van der Waals surface area contributed by atoms with E-state index in [-0.39, 0.29) is 12.1 Å². The Kier molecular flexibility index (Phi) is 6.57. The maximum atomic E-state index is 12.0. The first-order chi connectivity index (χ1) is 11.6. The monoisotopic (exact) mass is 328 g/mol. The van der Waals surface area contributed by atoms with Crippen molar-refractivity contribution in [2.24, 2.45) is 0 Å². The van der Waals surface area contributed by atoms with Crippen LogP contribution in [0.5, 0.6) is 5.75 Å². The number of benzene rings is 1. The number of carbonyl (C=O) groups excluding carboxylic acids is 1. The van der Waals surface area contributed by atoms with Crippen molar-refractivity contribution >= 4 is 6.03 Å². The molecule has 2 amide bonds. The van der Waals surface area contributed by atoms with E-state index in [4.69, 9.17) is 4.74 Å². The lowest BCUT2D eigenvalue weighted by atomic mass is 10.1. The summed E-state index contributed by atoms with van der Waals surface area (Å²) in [7, 11) is 5.62. The van der Waals surface area contributed by atoms with E-state index in [0.717, 1.165) is 16.9 Å². The number of aromatic nitrogens is 1. The molecule has 6 heteroatoms. The van der Waals surface area contributed by atoms with Crippen LogP contribution in [-0.4, -0.2) is 43.7 Å². The van der Waals surface area contributed by atoms with Gasteiger partial charge in [0, 0.05) is 25.5 Å². The summed E-state index contributed by atoms with van der Waals surface area (Å²) in [6.07, 6.45) is 3.42. The Bertz CT molecular complexity index is 646. The quantitative estimate of drug-likeness (QED) is 0.818. The largest absolute Gasteiger partial charge is 0.497 e. The fourth-order valence-corrected chi connectivity index (χ4v) is 2.38. The van der Waals surface area contributed by atoms with E-state index in [9.17, 15) is 4.79 Å². The van der Waals surface area contributed by atoms with Crippen molar-refractivity contribution < 1.29 is 9.53 Å². The second-order valence-corrected chi connectivity index (χ2v) is 5.68. The van der Waals surface area contributed by atoms with Crippen LogP contribution in [0.15, 0.2) is 48.8 Å². The fourth-order valence-electron chi connectivity index (χ4n) is 2.38. The minimum absolute atomic E-state index is 0.0618. The van der Waals surface area contributed by atoms with Crippen LogP contribution in [0, 0.1) is 0 Å². The molecule has 2 aromatic rings. The fraction of sp³-hybridized carbons (Fsp3) is 0.333. The van der Waals surface area contributed by atoms with Gasteiger partial charge in [0.2, 0.25) is 0 Å². The number of rotatable bonds is 7. The number of amides is 2. The van der Waals surface area contributed by atoms with Crippen LogP contribution in [0.2, 0.25) is 0 Å². The van der Waals surface area contributed by atoms with Crippen LogP contribution in [-0.2, 0) is 6.54 Å².